The lowest BCUT2D eigenvalue weighted by molar-refractivity contribution is -0.167. The minimum absolute atomic E-state index is 0.0666. The van der Waals surface area contributed by atoms with Crippen molar-refractivity contribution in [2.45, 2.75) is 322 Å². The molecular formula is C57H108O6. The van der Waals surface area contributed by atoms with Crippen molar-refractivity contribution in [3.05, 3.63) is 12.2 Å². The summed E-state index contributed by atoms with van der Waals surface area (Å²) in [6.45, 7) is 6.67. The molecule has 1 atom stereocenters. The van der Waals surface area contributed by atoms with Crippen LogP contribution in [0.2, 0.25) is 0 Å². The number of hydrogen-bond acceptors (Lipinski definition) is 6. The smallest absolute Gasteiger partial charge is 0.306 e. The topological polar surface area (TPSA) is 78.9 Å². The minimum atomic E-state index is -0.767. The predicted molar refractivity (Wildman–Crippen MR) is 270 cm³/mol. The van der Waals surface area contributed by atoms with E-state index in [1.807, 2.05) is 0 Å². The molecule has 6 heteroatoms. The number of allylic oxidation sites excluding steroid dienone is 2. The number of unbranched alkanes of at least 4 members (excludes halogenated alkanes) is 39. The van der Waals surface area contributed by atoms with E-state index in [1.54, 1.807) is 0 Å². The van der Waals surface area contributed by atoms with E-state index in [0.717, 1.165) is 64.2 Å². The van der Waals surface area contributed by atoms with Crippen molar-refractivity contribution in [1.82, 2.24) is 0 Å². The number of esters is 3. The number of rotatable bonds is 52. The maximum Gasteiger partial charge on any atom is 0.306 e. The van der Waals surface area contributed by atoms with Crippen LogP contribution in [0.15, 0.2) is 12.2 Å². The molecule has 6 nitrogen and oxygen atoms in total. The highest BCUT2D eigenvalue weighted by atomic mass is 16.6. The number of hydrogen-bond donors (Lipinski definition) is 0. The number of ether oxygens (including phenoxy) is 3. The maximum absolute atomic E-state index is 12.8. The van der Waals surface area contributed by atoms with Crippen LogP contribution >= 0.6 is 0 Å². The Balaban J connectivity index is 4.31. The Morgan fingerprint density at radius 2 is 0.524 bits per heavy atom. The van der Waals surface area contributed by atoms with Crippen LogP contribution in [0.5, 0.6) is 0 Å². The average molecular weight is 889 g/mol. The van der Waals surface area contributed by atoms with E-state index in [2.05, 4.69) is 32.9 Å². The van der Waals surface area contributed by atoms with Crippen LogP contribution in [0.3, 0.4) is 0 Å². The van der Waals surface area contributed by atoms with Crippen molar-refractivity contribution in [2.24, 2.45) is 0 Å². The fourth-order valence-corrected chi connectivity index (χ4v) is 8.50. The summed E-state index contributed by atoms with van der Waals surface area (Å²) in [5.41, 5.74) is 0. The number of carbonyl (C=O) groups excluding carboxylic acids is 3. The zero-order valence-electron chi connectivity index (χ0n) is 42.6. The average Bonchev–Trinajstić information content (AvgIpc) is 3.28. The summed E-state index contributed by atoms with van der Waals surface area (Å²) >= 11 is 0. The van der Waals surface area contributed by atoms with Crippen molar-refractivity contribution < 1.29 is 28.6 Å². The number of carbonyl (C=O) groups is 3. The van der Waals surface area contributed by atoms with Crippen molar-refractivity contribution >= 4 is 17.9 Å². The van der Waals surface area contributed by atoms with Crippen LogP contribution in [0.1, 0.15) is 316 Å². The van der Waals surface area contributed by atoms with Gasteiger partial charge in [0, 0.05) is 19.3 Å². The van der Waals surface area contributed by atoms with Gasteiger partial charge in [-0.05, 0) is 44.9 Å². The fourth-order valence-electron chi connectivity index (χ4n) is 8.50. The molecule has 63 heavy (non-hydrogen) atoms. The summed E-state index contributed by atoms with van der Waals surface area (Å²) in [6, 6.07) is 0. The van der Waals surface area contributed by atoms with Crippen molar-refractivity contribution in [1.29, 1.82) is 0 Å². The Kier molecular flexibility index (Phi) is 51.2. The first-order valence-corrected chi connectivity index (χ1v) is 28.2. The molecule has 0 unspecified atom stereocenters. The SMILES string of the molecule is CCCCCCC=CCCCCCCCC(=O)OC[C@H](COC(=O)CCCCCCCCCCCCCCCCCCC)OC(=O)CCCCCCCCCCCCCCCCC. The van der Waals surface area contributed by atoms with E-state index >= 15 is 0 Å². The van der Waals surface area contributed by atoms with E-state index in [-0.39, 0.29) is 31.1 Å². The van der Waals surface area contributed by atoms with Crippen LogP contribution in [0.4, 0.5) is 0 Å². The monoisotopic (exact) mass is 889 g/mol. The molecule has 0 spiro atoms. The molecule has 0 fully saturated rings. The van der Waals surface area contributed by atoms with Crippen molar-refractivity contribution in [3.8, 4) is 0 Å². The summed E-state index contributed by atoms with van der Waals surface area (Å²) in [5.74, 6) is -0.853. The highest BCUT2D eigenvalue weighted by Crippen LogP contribution is 2.17. The van der Waals surface area contributed by atoms with Gasteiger partial charge >= 0.3 is 17.9 Å². The van der Waals surface area contributed by atoms with E-state index in [0.29, 0.717) is 19.3 Å². The largest absolute Gasteiger partial charge is 0.462 e. The summed E-state index contributed by atoms with van der Waals surface area (Å²) in [4.78, 5) is 38.1. The Labute approximate surface area is 392 Å². The lowest BCUT2D eigenvalue weighted by Crippen LogP contribution is -2.30. The standard InChI is InChI=1S/C57H108O6/c1-4-7-10-13-16-19-22-25-27-28-30-32-35-38-41-44-47-50-56(59)62-53-54(52-61-55(58)49-46-43-40-37-34-31-24-21-18-15-12-9-6-3)63-57(60)51-48-45-42-39-36-33-29-26-23-20-17-14-11-8-5-2/h21,24,54H,4-20,22-23,25-53H2,1-3H3/t54-/m1/s1. The lowest BCUT2D eigenvalue weighted by atomic mass is 10.0. The van der Waals surface area contributed by atoms with Gasteiger partial charge in [-0.1, -0.05) is 264 Å². The molecule has 0 heterocycles. The third kappa shape index (κ3) is 51.0. The minimum Gasteiger partial charge on any atom is -0.462 e. The lowest BCUT2D eigenvalue weighted by Gasteiger charge is -2.18. The van der Waals surface area contributed by atoms with Gasteiger partial charge < -0.3 is 14.2 Å². The Morgan fingerprint density at radius 3 is 0.810 bits per heavy atom. The summed E-state index contributed by atoms with van der Waals surface area (Å²) in [5, 5.41) is 0. The van der Waals surface area contributed by atoms with Gasteiger partial charge in [0.25, 0.3) is 0 Å². The van der Waals surface area contributed by atoms with Gasteiger partial charge in [0.1, 0.15) is 13.2 Å². The van der Waals surface area contributed by atoms with Crippen LogP contribution in [-0.2, 0) is 28.6 Å². The second-order valence-electron chi connectivity index (χ2n) is 19.2. The van der Waals surface area contributed by atoms with Gasteiger partial charge in [-0.3, -0.25) is 14.4 Å². The van der Waals surface area contributed by atoms with E-state index in [4.69, 9.17) is 14.2 Å². The molecule has 0 aliphatic carbocycles. The molecule has 372 valence electrons. The van der Waals surface area contributed by atoms with Crippen LogP contribution in [0, 0.1) is 0 Å². The van der Waals surface area contributed by atoms with Crippen LogP contribution in [0.25, 0.3) is 0 Å². The maximum atomic E-state index is 12.8. The summed E-state index contributed by atoms with van der Waals surface area (Å²) < 4.78 is 16.9. The summed E-state index contributed by atoms with van der Waals surface area (Å²) in [7, 11) is 0. The normalized spacial score (nSPS) is 12.0. The van der Waals surface area contributed by atoms with Gasteiger partial charge in [-0.2, -0.15) is 0 Å². The molecule has 0 amide bonds. The molecule has 0 aliphatic rings. The van der Waals surface area contributed by atoms with E-state index in [9.17, 15) is 14.4 Å². The van der Waals surface area contributed by atoms with E-state index < -0.39 is 6.10 Å². The highest BCUT2D eigenvalue weighted by Gasteiger charge is 2.19. The zero-order valence-corrected chi connectivity index (χ0v) is 42.6. The molecule has 0 N–H and O–H groups in total. The molecule has 0 aromatic rings. The van der Waals surface area contributed by atoms with Gasteiger partial charge in [0.05, 0.1) is 0 Å². The van der Waals surface area contributed by atoms with Gasteiger partial charge in [0.2, 0.25) is 0 Å². The highest BCUT2D eigenvalue weighted by molar-refractivity contribution is 5.71. The zero-order chi connectivity index (χ0) is 45.8. The molecule has 0 saturated carbocycles. The molecular weight excluding hydrogens is 781 g/mol. The van der Waals surface area contributed by atoms with E-state index in [1.165, 1.54) is 212 Å². The van der Waals surface area contributed by atoms with Crippen molar-refractivity contribution in [3.63, 3.8) is 0 Å². The third-order valence-electron chi connectivity index (χ3n) is 12.8. The Bertz CT molecular complexity index is 978. The first-order chi connectivity index (χ1) is 31.0. The molecule has 0 radical (unpaired) electrons. The second-order valence-corrected chi connectivity index (χ2v) is 19.2. The fraction of sp³-hybridized carbons (Fsp3) is 0.912. The van der Waals surface area contributed by atoms with Gasteiger partial charge in [-0.15, -0.1) is 0 Å². The molecule has 0 saturated heterocycles. The Morgan fingerprint density at radius 1 is 0.302 bits per heavy atom. The second kappa shape index (κ2) is 52.8. The molecule has 0 aromatic carbocycles. The van der Waals surface area contributed by atoms with Gasteiger partial charge in [-0.25, -0.2) is 0 Å². The summed E-state index contributed by atoms with van der Waals surface area (Å²) in [6.07, 6.45) is 59.1. The quantitative estimate of drug-likeness (QED) is 0.0262. The third-order valence-corrected chi connectivity index (χ3v) is 12.8. The van der Waals surface area contributed by atoms with Crippen LogP contribution in [-0.4, -0.2) is 37.2 Å². The molecule has 0 rings (SSSR count). The molecule has 0 aromatic heterocycles. The molecule has 0 aliphatic heterocycles. The first kappa shape index (κ1) is 61.1. The Hall–Kier alpha value is -1.85. The first-order valence-electron chi connectivity index (χ1n) is 28.2. The predicted octanol–water partition coefficient (Wildman–Crippen LogP) is 18.5. The molecule has 0 bridgehead atoms. The van der Waals surface area contributed by atoms with Gasteiger partial charge in [0.15, 0.2) is 6.10 Å². The van der Waals surface area contributed by atoms with Crippen LogP contribution < -0.4 is 0 Å². The van der Waals surface area contributed by atoms with Crippen molar-refractivity contribution in [2.75, 3.05) is 13.2 Å².